The molecule has 5 nitrogen and oxygen atoms in total. The SMILES string of the molecule is NC(CO)c1ccc2c(Cl)ncnn12. The van der Waals surface area contributed by atoms with Crippen LogP contribution < -0.4 is 5.73 Å². The van der Waals surface area contributed by atoms with Crippen LogP contribution in [-0.4, -0.2) is 26.3 Å². The summed E-state index contributed by atoms with van der Waals surface area (Å²) in [5.41, 5.74) is 7.08. The molecule has 2 heterocycles. The molecule has 0 spiro atoms. The lowest BCUT2D eigenvalue weighted by atomic mass is 10.2. The first-order chi connectivity index (χ1) is 6.74. The van der Waals surface area contributed by atoms with E-state index in [2.05, 4.69) is 10.1 Å². The first-order valence-corrected chi connectivity index (χ1v) is 4.46. The summed E-state index contributed by atoms with van der Waals surface area (Å²) >= 11 is 5.84. The predicted octanol–water partition coefficient (Wildman–Crippen LogP) is 0.375. The van der Waals surface area contributed by atoms with E-state index in [1.54, 1.807) is 16.6 Å². The summed E-state index contributed by atoms with van der Waals surface area (Å²) in [5.74, 6) is 0. The number of nitrogens with zero attached hydrogens (tertiary/aromatic N) is 3. The minimum atomic E-state index is -0.455. The summed E-state index contributed by atoms with van der Waals surface area (Å²) in [5, 5.41) is 13.3. The number of fused-ring (bicyclic) bond motifs is 1. The molecule has 74 valence electrons. The van der Waals surface area contributed by atoms with E-state index in [1.807, 2.05) is 0 Å². The van der Waals surface area contributed by atoms with Crippen LogP contribution in [0, 0.1) is 0 Å². The lowest BCUT2D eigenvalue weighted by molar-refractivity contribution is 0.264. The molecule has 0 aliphatic carbocycles. The molecular weight excluding hydrogens is 204 g/mol. The summed E-state index contributed by atoms with van der Waals surface area (Å²) in [6.45, 7) is -0.131. The van der Waals surface area contributed by atoms with E-state index in [4.69, 9.17) is 22.4 Å². The predicted molar refractivity (Wildman–Crippen MR) is 52.0 cm³/mol. The van der Waals surface area contributed by atoms with E-state index >= 15 is 0 Å². The van der Waals surface area contributed by atoms with Gasteiger partial charge in [0.05, 0.1) is 18.3 Å². The Bertz CT molecular complexity index is 456. The highest BCUT2D eigenvalue weighted by atomic mass is 35.5. The van der Waals surface area contributed by atoms with Gasteiger partial charge in [0.25, 0.3) is 0 Å². The van der Waals surface area contributed by atoms with Gasteiger partial charge < -0.3 is 10.8 Å². The highest BCUT2D eigenvalue weighted by Gasteiger charge is 2.11. The fraction of sp³-hybridized carbons (Fsp3) is 0.250. The van der Waals surface area contributed by atoms with Crippen molar-refractivity contribution in [3.05, 3.63) is 29.3 Å². The van der Waals surface area contributed by atoms with Crippen molar-refractivity contribution in [3.8, 4) is 0 Å². The second kappa shape index (κ2) is 3.53. The molecule has 0 radical (unpaired) electrons. The summed E-state index contributed by atoms with van der Waals surface area (Å²) in [4.78, 5) is 3.84. The number of aromatic nitrogens is 3. The quantitative estimate of drug-likeness (QED) is 0.755. The number of aliphatic hydroxyl groups excluding tert-OH is 1. The molecule has 0 fully saturated rings. The summed E-state index contributed by atoms with van der Waals surface area (Å²) in [6.07, 6.45) is 1.35. The van der Waals surface area contributed by atoms with Gasteiger partial charge in [-0.05, 0) is 12.1 Å². The van der Waals surface area contributed by atoms with Crippen LogP contribution in [0.2, 0.25) is 5.15 Å². The number of halogens is 1. The molecule has 2 aromatic heterocycles. The Hall–Kier alpha value is -1.17. The lowest BCUT2D eigenvalue weighted by Crippen LogP contribution is -2.17. The molecule has 1 atom stereocenters. The first-order valence-electron chi connectivity index (χ1n) is 4.08. The van der Waals surface area contributed by atoms with Crippen molar-refractivity contribution in [1.29, 1.82) is 0 Å². The normalized spacial score (nSPS) is 13.4. The topological polar surface area (TPSA) is 76.4 Å². The minimum Gasteiger partial charge on any atom is -0.394 e. The number of hydrogen-bond acceptors (Lipinski definition) is 4. The third kappa shape index (κ3) is 1.35. The molecule has 3 N–H and O–H groups in total. The van der Waals surface area contributed by atoms with Gasteiger partial charge in [-0.25, -0.2) is 9.50 Å². The van der Waals surface area contributed by atoms with Gasteiger partial charge in [0, 0.05) is 0 Å². The largest absolute Gasteiger partial charge is 0.394 e. The molecule has 0 amide bonds. The van der Waals surface area contributed by atoms with Gasteiger partial charge in [-0.1, -0.05) is 11.6 Å². The van der Waals surface area contributed by atoms with Gasteiger partial charge in [-0.2, -0.15) is 5.10 Å². The standard InChI is InChI=1S/C8H9ClN4O/c9-8-7-2-1-6(5(10)3-14)13(7)12-4-11-8/h1-2,4-5,14H,3,10H2. The van der Waals surface area contributed by atoms with Crippen molar-refractivity contribution in [3.63, 3.8) is 0 Å². The van der Waals surface area contributed by atoms with Crippen LogP contribution in [-0.2, 0) is 0 Å². The monoisotopic (exact) mass is 212 g/mol. The second-order valence-corrected chi connectivity index (χ2v) is 3.25. The summed E-state index contributed by atoms with van der Waals surface area (Å²) in [6, 6.07) is 3.09. The number of aliphatic hydroxyl groups is 1. The summed E-state index contributed by atoms with van der Waals surface area (Å²) < 4.78 is 1.58. The Morgan fingerprint density at radius 2 is 2.36 bits per heavy atom. The maximum atomic E-state index is 8.92. The molecule has 0 saturated carbocycles. The molecule has 0 aromatic carbocycles. The first kappa shape index (κ1) is 9.39. The van der Waals surface area contributed by atoms with Crippen LogP contribution in [0.5, 0.6) is 0 Å². The van der Waals surface area contributed by atoms with E-state index in [1.165, 1.54) is 6.33 Å². The van der Waals surface area contributed by atoms with Gasteiger partial charge >= 0.3 is 0 Å². The molecule has 0 aliphatic heterocycles. The highest BCUT2D eigenvalue weighted by Crippen LogP contribution is 2.18. The van der Waals surface area contributed by atoms with E-state index < -0.39 is 6.04 Å². The van der Waals surface area contributed by atoms with Gasteiger partial charge in [0.2, 0.25) is 0 Å². The maximum absolute atomic E-state index is 8.92. The molecule has 0 saturated heterocycles. The molecule has 0 bridgehead atoms. The van der Waals surface area contributed by atoms with Crippen LogP contribution in [0.3, 0.4) is 0 Å². The van der Waals surface area contributed by atoms with Gasteiger partial charge in [-0.15, -0.1) is 0 Å². The maximum Gasteiger partial charge on any atom is 0.156 e. The third-order valence-corrected chi connectivity index (χ3v) is 2.30. The Morgan fingerprint density at radius 1 is 1.57 bits per heavy atom. The fourth-order valence-corrected chi connectivity index (χ4v) is 1.48. The van der Waals surface area contributed by atoms with Crippen molar-refractivity contribution < 1.29 is 5.11 Å². The molecule has 1 unspecified atom stereocenters. The van der Waals surface area contributed by atoms with Crippen molar-refractivity contribution in [1.82, 2.24) is 14.6 Å². The average molecular weight is 213 g/mol. The van der Waals surface area contributed by atoms with Gasteiger partial charge in [0.1, 0.15) is 11.8 Å². The van der Waals surface area contributed by atoms with Crippen molar-refractivity contribution in [2.45, 2.75) is 6.04 Å². The van der Waals surface area contributed by atoms with Crippen LogP contribution in [0.1, 0.15) is 11.7 Å². The van der Waals surface area contributed by atoms with Crippen LogP contribution in [0.15, 0.2) is 18.5 Å². The second-order valence-electron chi connectivity index (χ2n) is 2.90. The minimum absolute atomic E-state index is 0.131. The average Bonchev–Trinajstić information content (AvgIpc) is 2.62. The van der Waals surface area contributed by atoms with E-state index in [0.717, 1.165) is 0 Å². The number of rotatable bonds is 2. The number of hydrogen-bond donors (Lipinski definition) is 2. The molecule has 2 rings (SSSR count). The Labute approximate surface area is 85.1 Å². The van der Waals surface area contributed by atoms with Crippen LogP contribution in [0.25, 0.3) is 5.52 Å². The van der Waals surface area contributed by atoms with Crippen molar-refractivity contribution >= 4 is 17.1 Å². The summed E-state index contributed by atoms with van der Waals surface area (Å²) in [7, 11) is 0. The molecule has 6 heteroatoms. The lowest BCUT2D eigenvalue weighted by Gasteiger charge is -2.07. The third-order valence-electron chi connectivity index (χ3n) is 2.01. The Kier molecular flexibility index (Phi) is 2.37. The molecular formula is C8H9ClN4O. The Balaban J connectivity index is 2.63. The van der Waals surface area contributed by atoms with E-state index in [0.29, 0.717) is 16.4 Å². The highest BCUT2D eigenvalue weighted by molar-refractivity contribution is 6.32. The van der Waals surface area contributed by atoms with Crippen LogP contribution >= 0.6 is 11.6 Å². The van der Waals surface area contributed by atoms with Gasteiger partial charge in [-0.3, -0.25) is 0 Å². The van der Waals surface area contributed by atoms with E-state index in [9.17, 15) is 0 Å². The smallest absolute Gasteiger partial charge is 0.156 e. The zero-order chi connectivity index (χ0) is 10.1. The Morgan fingerprint density at radius 3 is 3.07 bits per heavy atom. The molecule has 2 aromatic rings. The number of nitrogens with two attached hydrogens (primary N) is 1. The molecule has 0 aliphatic rings. The zero-order valence-corrected chi connectivity index (χ0v) is 8.02. The zero-order valence-electron chi connectivity index (χ0n) is 7.26. The van der Waals surface area contributed by atoms with E-state index in [-0.39, 0.29) is 6.61 Å². The molecule has 14 heavy (non-hydrogen) atoms. The van der Waals surface area contributed by atoms with Gasteiger partial charge in [0.15, 0.2) is 5.15 Å². The van der Waals surface area contributed by atoms with Crippen molar-refractivity contribution in [2.24, 2.45) is 5.73 Å². The van der Waals surface area contributed by atoms with Crippen LogP contribution in [0.4, 0.5) is 0 Å². The van der Waals surface area contributed by atoms with Crippen molar-refractivity contribution in [2.75, 3.05) is 6.61 Å². The fourth-order valence-electron chi connectivity index (χ4n) is 1.30.